The molecule has 138 valence electrons. The van der Waals surface area contributed by atoms with Crippen LogP contribution in [0.4, 0.5) is 5.69 Å². The number of carbonyl (C=O) groups is 2. The summed E-state index contributed by atoms with van der Waals surface area (Å²) < 4.78 is 5.28. The highest BCUT2D eigenvalue weighted by molar-refractivity contribution is 6.31. The monoisotopic (exact) mass is 382 g/mol. The number of ketones is 1. The molecule has 0 saturated carbocycles. The number of rotatable bonds is 7. The van der Waals surface area contributed by atoms with Crippen molar-refractivity contribution in [3.8, 4) is 0 Å². The molecule has 3 rings (SSSR count). The van der Waals surface area contributed by atoms with Gasteiger partial charge >= 0.3 is 0 Å². The number of carbonyl (C=O) groups excluding carboxylic acids is 2. The Kier molecular flexibility index (Phi) is 6.06. The molecule has 0 aliphatic heterocycles. The molecule has 0 radical (unpaired) electrons. The molecule has 1 N–H and O–H groups in total. The summed E-state index contributed by atoms with van der Waals surface area (Å²) in [5, 5.41) is 3.24. The van der Waals surface area contributed by atoms with Crippen molar-refractivity contribution in [2.24, 2.45) is 0 Å². The quantitative estimate of drug-likeness (QED) is 0.621. The van der Waals surface area contributed by atoms with Gasteiger partial charge in [-0.2, -0.15) is 0 Å². The van der Waals surface area contributed by atoms with Crippen LogP contribution in [-0.2, 0) is 11.3 Å². The molecule has 5 nitrogen and oxygen atoms in total. The van der Waals surface area contributed by atoms with Crippen molar-refractivity contribution in [1.82, 2.24) is 4.90 Å². The minimum Gasteiger partial charge on any atom is -0.468 e. The third-order valence-electron chi connectivity index (χ3n) is 3.96. The average molecular weight is 383 g/mol. The zero-order valence-electron chi connectivity index (χ0n) is 14.8. The second kappa shape index (κ2) is 8.66. The van der Waals surface area contributed by atoms with Gasteiger partial charge in [0.15, 0.2) is 5.78 Å². The Morgan fingerprint density at radius 2 is 1.85 bits per heavy atom. The predicted octanol–water partition coefficient (Wildman–Crippen LogP) is 4.23. The topological polar surface area (TPSA) is 62.6 Å². The van der Waals surface area contributed by atoms with Gasteiger partial charge in [-0.05, 0) is 37.4 Å². The van der Waals surface area contributed by atoms with Crippen molar-refractivity contribution < 1.29 is 14.0 Å². The van der Waals surface area contributed by atoms with E-state index in [1.165, 1.54) is 0 Å². The fraction of sp³-hybridized carbons (Fsp3) is 0.143. The second-order valence-electron chi connectivity index (χ2n) is 6.18. The molecule has 0 aliphatic rings. The maximum absolute atomic E-state index is 12.8. The number of likely N-dealkylation sites (N-methyl/N-ethyl adjacent to an activating group) is 1. The molecule has 1 heterocycles. The van der Waals surface area contributed by atoms with Crippen LogP contribution in [0.25, 0.3) is 0 Å². The van der Waals surface area contributed by atoms with Crippen LogP contribution >= 0.6 is 11.6 Å². The zero-order chi connectivity index (χ0) is 19.2. The molecule has 6 heteroatoms. The van der Waals surface area contributed by atoms with Gasteiger partial charge in [0.05, 0.1) is 25.0 Å². The Labute approximate surface area is 162 Å². The number of furan rings is 1. The Morgan fingerprint density at radius 3 is 2.56 bits per heavy atom. The minimum absolute atomic E-state index is 0.155. The number of amides is 1. The van der Waals surface area contributed by atoms with E-state index in [1.807, 2.05) is 24.1 Å². The molecule has 3 aromatic rings. The standard InChI is InChI=1S/C21H19ClN2O3/c1-24(13-17-8-5-11-27-17)14-20(25)23-19-10-9-16(22)12-18(19)21(26)15-6-3-2-4-7-15/h2-12H,13-14H2,1H3,(H,23,25). The average Bonchev–Trinajstić information content (AvgIpc) is 3.16. The summed E-state index contributed by atoms with van der Waals surface area (Å²) in [5.74, 6) is 0.350. The Balaban J connectivity index is 1.72. The zero-order valence-corrected chi connectivity index (χ0v) is 15.6. The van der Waals surface area contributed by atoms with Crippen LogP contribution in [-0.4, -0.2) is 30.2 Å². The highest BCUT2D eigenvalue weighted by Gasteiger charge is 2.17. The molecule has 1 aromatic heterocycles. The van der Waals surface area contributed by atoms with E-state index in [0.29, 0.717) is 28.4 Å². The maximum atomic E-state index is 12.8. The first-order valence-corrected chi connectivity index (χ1v) is 8.81. The smallest absolute Gasteiger partial charge is 0.238 e. The van der Waals surface area contributed by atoms with Crippen LogP contribution in [0, 0.1) is 0 Å². The summed E-state index contributed by atoms with van der Waals surface area (Å²) in [4.78, 5) is 27.0. The molecule has 0 fully saturated rings. The second-order valence-corrected chi connectivity index (χ2v) is 6.62. The van der Waals surface area contributed by atoms with Crippen molar-refractivity contribution in [3.05, 3.63) is 88.8 Å². The lowest BCUT2D eigenvalue weighted by atomic mass is 10.0. The summed E-state index contributed by atoms with van der Waals surface area (Å²) >= 11 is 6.07. The number of halogens is 1. The van der Waals surface area contributed by atoms with Crippen molar-refractivity contribution in [2.45, 2.75) is 6.54 Å². The Bertz CT molecular complexity index is 924. The van der Waals surface area contributed by atoms with Crippen molar-refractivity contribution in [2.75, 3.05) is 18.9 Å². The number of hydrogen-bond donors (Lipinski definition) is 1. The molecule has 27 heavy (non-hydrogen) atoms. The summed E-state index contributed by atoms with van der Waals surface area (Å²) in [6.45, 7) is 0.666. The number of hydrogen-bond acceptors (Lipinski definition) is 4. The highest BCUT2D eigenvalue weighted by atomic mass is 35.5. The summed E-state index contributed by atoms with van der Waals surface area (Å²) in [5.41, 5.74) is 1.32. The van der Waals surface area contributed by atoms with Gasteiger partial charge in [-0.25, -0.2) is 0 Å². The van der Waals surface area contributed by atoms with Gasteiger partial charge in [-0.1, -0.05) is 41.9 Å². The molecular weight excluding hydrogens is 364 g/mol. The van der Waals surface area contributed by atoms with Gasteiger partial charge in [0.2, 0.25) is 5.91 Å². The van der Waals surface area contributed by atoms with Crippen molar-refractivity contribution >= 4 is 29.0 Å². The van der Waals surface area contributed by atoms with Gasteiger partial charge in [0.1, 0.15) is 5.76 Å². The van der Waals surface area contributed by atoms with Crippen molar-refractivity contribution in [3.63, 3.8) is 0 Å². The van der Waals surface area contributed by atoms with Gasteiger partial charge < -0.3 is 9.73 Å². The third kappa shape index (κ3) is 5.06. The molecule has 0 aliphatic carbocycles. The molecule has 0 saturated heterocycles. The van der Waals surface area contributed by atoms with Gasteiger partial charge in [0.25, 0.3) is 0 Å². The largest absolute Gasteiger partial charge is 0.468 e. The lowest BCUT2D eigenvalue weighted by molar-refractivity contribution is -0.117. The van der Waals surface area contributed by atoms with E-state index in [9.17, 15) is 9.59 Å². The first kappa shape index (κ1) is 18.9. The van der Waals surface area contributed by atoms with E-state index in [1.54, 1.807) is 54.8 Å². The van der Waals surface area contributed by atoms with Crippen LogP contribution in [0.2, 0.25) is 5.02 Å². The van der Waals surface area contributed by atoms with Crippen LogP contribution in [0.1, 0.15) is 21.7 Å². The summed E-state index contributed by atoms with van der Waals surface area (Å²) in [6, 6.07) is 17.4. The Hall–Kier alpha value is -2.89. The van der Waals surface area contributed by atoms with E-state index in [2.05, 4.69) is 5.32 Å². The molecule has 0 bridgehead atoms. The van der Waals surface area contributed by atoms with Gasteiger partial charge in [-0.15, -0.1) is 0 Å². The fourth-order valence-corrected chi connectivity index (χ4v) is 2.89. The SMILES string of the molecule is CN(CC(=O)Nc1ccc(Cl)cc1C(=O)c1ccccc1)Cc1ccco1. The number of anilines is 1. The highest BCUT2D eigenvalue weighted by Crippen LogP contribution is 2.23. The molecular formula is C21H19ClN2O3. The molecule has 0 unspecified atom stereocenters. The van der Waals surface area contributed by atoms with Crippen LogP contribution in [0.5, 0.6) is 0 Å². The van der Waals surface area contributed by atoms with Crippen molar-refractivity contribution in [1.29, 1.82) is 0 Å². The fourth-order valence-electron chi connectivity index (χ4n) is 2.72. The molecule has 0 spiro atoms. The molecule has 2 aromatic carbocycles. The van der Waals surface area contributed by atoms with E-state index in [0.717, 1.165) is 5.76 Å². The minimum atomic E-state index is -0.228. The summed E-state index contributed by atoms with van der Waals surface area (Å²) in [7, 11) is 1.82. The van der Waals surface area contributed by atoms with E-state index >= 15 is 0 Å². The number of nitrogens with zero attached hydrogens (tertiary/aromatic N) is 1. The van der Waals surface area contributed by atoms with Gasteiger partial charge in [0, 0.05) is 16.1 Å². The van der Waals surface area contributed by atoms with E-state index in [-0.39, 0.29) is 18.2 Å². The van der Waals surface area contributed by atoms with E-state index < -0.39 is 0 Å². The van der Waals surface area contributed by atoms with Crippen LogP contribution < -0.4 is 5.32 Å². The molecule has 1 amide bonds. The Morgan fingerprint density at radius 1 is 1.07 bits per heavy atom. The van der Waals surface area contributed by atoms with E-state index in [4.69, 9.17) is 16.0 Å². The number of benzene rings is 2. The maximum Gasteiger partial charge on any atom is 0.238 e. The predicted molar refractivity (Wildman–Crippen MR) is 105 cm³/mol. The van der Waals surface area contributed by atoms with Crippen LogP contribution in [0.3, 0.4) is 0 Å². The first-order valence-electron chi connectivity index (χ1n) is 8.43. The third-order valence-corrected chi connectivity index (χ3v) is 4.19. The summed E-state index contributed by atoms with van der Waals surface area (Å²) in [6.07, 6.45) is 1.60. The molecule has 0 atom stereocenters. The lowest BCUT2D eigenvalue weighted by Crippen LogP contribution is -2.30. The number of nitrogens with one attached hydrogen (secondary N) is 1. The van der Waals surface area contributed by atoms with Gasteiger partial charge in [-0.3, -0.25) is 14.5 Å². The lowest BCUT2D eigenvalue weighted by Gasteiger charge is -2.16. The first-order chi connectivity index (χ1) is 13.0. The van der Waals surface area contributed by atoms with Crippen LogP contribution in [0.15, 0.2) is 71.3 Å². The normalized spacial score (nSPS) is 10.8.